The first-order valence-electron chi connectivity index (χ1n) is 6.04. The molecule has 0 aliphatic carbocycles. The van der Waals surface area contributed by atoms with Gasteiger partial charge in [-0.1, -0.05) is 23.2 Å². The quantitative estimate of drug-likeness (QED) is 0.686. The highest BCUT2D eigenvalue weighted by molar-refractivity contribution is 7.86. The van der Waals surface area contributed by atoms with E-state index in [2.05, 4.69) is 9.71 Å². The number of hydrogen-bond donors (Lipinski definition) is 2. The van der Waals surface area contributed by atoms with Gasteiger partial charge in [-0.25, -0.2) is 13.0 Å². The van der Waals surface area contributed by atoms with Gasteiger partial charge in [-0.15, -0.1) is 0 Å². The molecule has 0 fully saturated rings. The maximum atomic E-state index is 13.3. The molecular formula is C14H8Cl2F2N2OS. The molecule has 0 aliphatic rings. The third-order valence-electron chi connectivity index (χ3n) is 2.98. The summed E-state index contributed by atoms with van der Waals surface area (Å²) >= 11 is 11.7. The van der Waals surface area contributed by atoms with E-state index in [1.807, 2.05) is 0 Å². The van der Waals surface area contributed by atoms with Crippen LogP contribution in [0.25, 0.3) is 10.9 Å². The number of hydrogen-bond acceptors (Lipinski definition) is 1. The van der Waals surface area contributed by atoms with Gasteiger partial charge < -0.3 is 4.98 Å². The topological polar surface area (TPSA) is 44.9 Å². The Morgan fingerprint density at radius 2 is 1.64 bits per heavy atom. The van der Waals surface area contributed by atoms with Crippen molar-refractivity contribution in [2.75, 3.05) is 4.72 Å². The zero-order valence-electron chi connectivity index (χ0n) is 10.8. The molecule has 0 amide bonds. The first kappa shape index (κ1) is 15.3. The molecule has 0 saturated carbocycles. The largest absolute Gasteiger partial charge is 0.359 e. The first-order chi connectivity index (χ1) is 10.4. The zero-order chi connectivity index (χ0) is 15.9. The lowest BCUT2D eigenvalue weighted by Crippen LogP contribution is -2.04. The van der Waals surface area contributed by atoms with E-state index in [1.165, 1.54) is 24.4 Å². The lowest BCUT2D eigenvalue weighted by molar-refractivity contribution is 0.511. The van der Waals surface area contributed by atoms with Gasteiger partial charge in [0.15, 0.2) is 11.6 Å². The average molecular weight is 361 g/mol. The first-order valence-corrected chi connectivity index (χ1v) is 7.95. The number of H-pyrrole nitrogens is 1. The van der Waals surface area contributed by atoms with Crippen LogP contribution in [0.5, 0.6) is 0 Å². The molecule has 0 bridgehead atoms. The fourth-order valence-corrected chi connectivity index (χ4v) is 3.61. The minimum absolute atomic E-state index is 0.352. The van der Waals surface area contributed by atoms with Crippen LogP contribution >= 0.6 is 23.2 Å². The van der Waals surface area contributed by atoms with Gasteiger partial charge in [0.05, 0.1) is 16.1 Å². The summed E-state index contributed by atoms with van der Waals surface area (Å²) in [7, 11) is -1.66. The van der Waals surface area contributed by atoms with Crippen LogP contribution < -0.4 is 4.72 Å². The van der Waals surface area contributed by atoms with Crippen molar-refractivity contribution >= 4 is 50.8 Å². The van der Waals surface area contributed by atoms with Crippen LogP contribution in [0.4, 0.5) is 14.5 Å². The summed E-state index contributed by atoms with van der Waals surface area (Å²) in [6.45, 7) is 0. The highest BCUT2D eigenvalue weighted by atomic mass is 35.5. The van der Waals surface area contributed by atoms with Crippen LogP contribution in [-0.2, 0) is 11.0 Å². The van der Waals surface area contributed by atoms with Crippen LogP contribution in [0.2, 0.25) is 10.0 Å². The summed E-state index contributed by atoms with van der Waals surface area (Å²) in [5.41, 5.74) is 0.769. The fourth-order valence-electron chi connectivity index (χ4n) is 2.00. The highest BCUT2D eigenvalue weighted by Crippen LogP contribution is 2.28. The van der Waals surface area contributed by atoms with E-state index in [1.54, 1.807) is 0 Å². The minimum atomic E-state index is -1.66. The van der Waals surface area contributed by atoms with E-state index in [-0.39, 0.29) is 0 Å². The molecule has 0 saturated heterocycles. The lowest BCUT2D eigenvalue weighted by Gasteiger charge is -2.06. The molecule has 3 aromatic rings. The number of rotatable bonds is 3. The van der Waals surface area contributed by atoms with E-state index in [9.17, 15) is 13.0 Å². The second-order valence-electron chi connectivity index (χ2n) is 4.49. The number of anilines is 1. The molecule has 3 rings (SSSR count). The minimum Gasteiger partial charge on any atom is -0.359 e. The molecule has 1 aromatic heterocycles. The molecule has 1 unspecified atom stereocenters. The Morgan fingerprint density at radius 1 is 1.00 bits per heavy atom. The predicted octanol–water partition coefficient (Wildman–Crippen LogP) is 4.89. The maximum absolute atomic E-state index is 13.3. The van der Waals surface area contributed by atoms with Gasteiger partial charge in [0.2, 0.25) is 0 Å². The molecule has 1 heterocycles. The predicted molar refractivity (Wildman–Crippen MR) is 84.7 cm³/mol. The summed E-state index contributed by atoms with van der Waals surface area (Å²) in [4.78, 5) is 3.15. The number of benzene rings is 2. The smallest absolute Gasteiger partial charge is 0.160 e. The molecule has 2 aromatic carbocycles. The Hall–Kier alpha value is -1.63. The average Bonchev–Trinajstić information content (AvgIpc) is 2.80. The van der Waals surface area contributed by atoms with Crippen molar-refractivity contribution < 1.29 is 13.0 Å². The monoisotopic (exact) mass is 360 g/mol. The molecule has 22 heavy (non-hydrogen) atoms. The number of halogens is 4. The summed E-state index contributed by atoms with van der Waals surface area (Å²) in [5.74, 6) is -1.93. The molecule has 114 valence electrons. The van der Waals surface area contributed by atoms with Crippen molar-refractivity contribution in [3.63, 3.8) is 0 Å². The fraction of sp³-hybridized carbons (Fsp3) is 0. The standard InChI is InChI=1S/C14H8Cl2F2N2OS/c15-7-1-8(16)3-9(2-7)22(21)20-14-6-19-13-5-12(18)11(17)4-10(13)14/h1-6,19-20H. The van der Waals surface area contributed by atoms with Crippen LogP contribution in [0, 0.1) is 11.6 Å². The van der Waals surface area contributed by atoms with Crippen molar-refractivity contribution in [2.45, 2.75) is 4.90 Å². The third-order valence-corrected chi connectivity index (χ3v) is 4.48. The Kier molecular flexibility index (Phi) is 4.08. The lowest BCUT2D eigenvalue weighted by atomic mass is 10.2. The molecule has 0 spiro atoms. The van der Waals surface area contributed by atoms with Gasteiger partial charge in [-0.2, -0.15) is 0 Å². The van der Waals surface area contributed by atoms with Crippen molar-refractivity contribution in [1.29, 1.82) is 0 Å². The molecule has 0 aliphatic heterocycles. The molecule has 3 nitrogen and oxygen atoms in total. The van der Waals surface area contributed by atoms with Gasteiger partial charge >= 0.3 is 0 Å². The number of fused-ring (bicyclic) bond motifs is 1. The van der Waals surface area contributed by atoms with E-state index in [0.717, 1.165) is 12.1 Å². The SMILES string of the molecule is O=S(Nc1c[nH]c2cc(F)c(F)cc12)c1cc(Cl)cc(Cl)c1. The van der Waals surface area contributed by atoms with Crippen molar-refractivity contribution in [2.24, 2.45) is 0 Å². The van der Waals surface area contributed by atoms with Crippen molar-refractivity contribution in [3.05, 3.63) is 58.2 Å². The normalized spacial score (nSPS) is 12.5. The van der Waals surface area contributed by atoms with Crippen LogP contribution in [-0.4, -0.2) is 9.19 Å². The van der Waals surface area contributed by atoms with Crippen molar-refractivity contribution in [3.8, 4) is 0 Å². The van der Waals surface area contributed by atoms with Crippen LogP contribution in [0.1, 0.15) is 0 Å². The molecule has 1 atom stereocenters. The molecular weight excluding hydrogens is 353 g/mol. The zero-order valence-corrected chi connectivity index (χ0v) is 13.1. The Morgan fingerprint density at radius 3 is 2.32 bits per heavy atom. The number of aromatic nitrogens is 1. The molecule has 2 N–H and O–H groups in total. The van der Waals surface area contributed by atoms with Crippen LogP contribution in [0.3, 0.4) is 0 Å². The number of aromatic amines is 1. The second-order valence-corrected chi connectivity index (χ2v) is 6.58. The Balaban J connectivity index is 1.96. The van der Waals surface area contributed by atoms with Gasteiger partial charge in [-0.3, -0.25) is 4.72 Å². The summed E-state index contributed by atoms with van der Waals surface area (Å²) < 4.78 is 41.5. The van der Waals surface area contributed by atoms with E-state index < -0.39 is 22.6 Å². The molecule has 8 heteroatoms. The highest BCUT2D eigenvalue weighted by Gasteiger charge is 2.12. The van der Waals surface area contributed by atoms with Gasteiger partial charge in [0.1, 0.15) is 11.0 Å². The second kappa shape index (κ2) is 5.87. The van der Waals surface area contributed by atoms with Crippen molar-refractivity contribution in [1.82, 2.24) is 4.98 Å². The van der Waals surface area contributed by atoms with E-state index in [0.29, 0.717) is 31.5 Å². The molecule has 0 radical (unpaired) electrons. The Bertz CT molecular complexity index is 878. The van der Waals surface area contributed by atoms with Gasteiger partial charge in [0.25, 0.3) is 0 Å². The van der Waals surface area contributed by atoms with Crippen LogP contribution in [0.15, 0.2) is 41.4 Å². The van der Waals surface area contributed by atoms with Gasteiger partial charge in [-0.05, 0) is 24.3 Å². The Labute approximate surface area is 136 Å². The maximum Gasteiger partial charge on any atom is 0.160 e. The summed E-state index contributed by atoms with van der Waals surface area (Å²) in [6.07, 6.45) is 1.48. The van der Waals surface area contributed by atoms with E-state index >= 15 is 0 Å². The summed E-state index contributed by atoms with van der Waals surface area (Å²) in [6, 6.07) is 6.60. The third kappa shape index (κ3) is 2.95. The number of nitrogens with one attached hydrogen (secondary N) is 2. The van der Waals surface area contributed by atoms with Gasteiger partial charge in [0, 0.05) is 27.7 Å². The van der Waals surface area contributed by atoms with E-state index in [4.69, 9.17) is 23.2 Å². The summed E-state index contributed by atoms with van der Waals surface area (Å²) in [5, 5.41) is 1.09.